The lowest BCUT2D eigenvalue weighted by atomic mass is 9.77. The Morgan fingerprint density at radius 1 is 1.05 bits per heavy atom. The molecule has 1 fully saturated rings. The summed E-state index contributed by atoms with van der Waals surface area (Å²) in [5, 5.41) is 0. The summed E-state index contributed by atoms with van der Waals surface area (Å²) in [6.45, 7) is 5.98. The number of likely N-dealkylation sites (tertiary alicyclic amines) is 1. The van der Waals surface area contributed by atoms with Crippen molar-refractivity contribution in [3.8, 4) is 0 Å². The van der Waals surface area contributed by atoms with Crippen molar-refractivity contribution in [2.75, 3.05) is 6.54 Å². The Balaban J connectivity index is 1.88. The molecule has 20 heavy (non-hydrogen) atoms. The van der Waals surface area contributed by atoms with Gasteiger partial charge in [0.2, 0.25) is 0 Å². The van der Waals surface area contributed by atoms with E-state index in [0.717, 1.165) is 0 Å². The summed E-state index contributed by atoms with van der Waals surface area (Å²) in [6.07, 6.45) is 6.64. The molecule has 1 saturated heterocycles. The average Bonchev–Trinajstić information content (AvgIpc) is 2.68. The molecule has 0 bridgehead atoms. The van der Waals surface area contributed by atoms with E-state index in [2.05, 4.69) is 43.0 Å². The third-order valence-electron chi connectivity index (χ3n) is 5.43. The smallest absolute Gasteiger partial charge is 0.0456 e. The molecular formula is C18H28N2. The summed E-state index contributed by atoms with van der Waals surface area (Å²) in [5.41, 5.74) is 9.51. The highest BCUT2D eigenvalue weighted by molar-refractivity contribution is 5.36. The molecule has 110 valence electrons. The fourth-order valence-electron chi connectivity index (χ4n) is 4.24. The highest BCUT2D eigenvalue weighted by atomic mass is 15.2. The number of nitrogens with zero attached hydrogens (tertiary/aromatic N) is 1. The van der Waals surface area contributed by atoms with E-state index in [1.165, 1.54) is 49.8 Å². The lowest BCUT2D eigenvalue weighted by Crippen LogP contribution is -2.49. The van der Waals surface area contributed by atoms with E-state index in [1.54, 1.807) is 0 Å². The summed E-state index contributed by atoms with van der Waals surface area (Å²) >= 11 is 0. The molecule has 2 aliphatic rings. The molecule has 1 aromatic carbocycles. The highest BCUT2D eigenvalue weighted by Gasteiger charge is 2.36. The molecule has 2 N–H and O–H groups in total. The lowest BCUT2D eigenvalue weighted by Gasteiger charge is -2.44. The van der Waals surface area contributed by atoms with Crippen LogP contribution in [0.1, 0.15) is 69.0 Å². The Bertz CT molecular complexity index is 456. The number of benzene rings is 1. The van der Waals surface area contributed by atoms with Crippen molar-refractivity contribution in [2.24, 2.45) is 5.73 Å². The van der Waals surface area contributed by atoms with Crippen LogP contribution in [0, 0.1) is 0 Å². The third-order valence-corrected chi connectivity index (χ3v) is 5.43. The molecule has 0 saturated carbocycles. The van der Waals surface area contributed by atoms with Crippen molar-refractivity contribution in [2.45, 2.75) is 70.0 Å². The highest BCUT2D eigenvalue weighted by Crippen LogP contribution is 2.39. The third kappa shape index (κ3) is 2.51. The van der Waals surface area contributed by atoms with Crippen LogP contribution >= 0.6 is 0 Å². The SMILES string of the molecule is CC1CC(N2CCCCCC2C)C(N)c2ccccc21. The van der Waals surface area contributed by atoms with Crippen molar-refractivity contribution in [3.05, 3.63) is 35.4 Å². The van der Waals surface area contributed by atoms with Crippen LogP contribution in [0.4, 0.5) is 0 Å². The van der Waals surface area contributed by atoms with Crippen molar-refractivity contribution < 1.29 is 0 Å². The van der Waals surface area contributed by atoms with Gasteiger partial charge in [-0.3, -0.25) is 4.90 Å². The van der Waals surface area contributed by atoms with E-state index in [4.69, 9.17) is 5.73 Å². The predicted octanol–water partition coefficient (Wildman–Crippen LogP) is 3.83. The van der Waals surface area contributed by atoms with Crippen LogP contribution in [-0.2, 0) is 0 Å². The van der Waals surface area contributed by atoms with Gasteiger partial charge in [0.25, 0.3) is 0 Å². The molecular weight excluding hydrogens is 244 g/mol. The maximum absolute atomic E-state index is 6.66. The molecule has 1 heterocycles. The van der Waals surface area contributed by atoms with Crippen LogP contribution in [0.5, 0.6) is 0 Å². The van der Waals surface area contributed by atoms with Gasteiger partial charge in [-0.25, -0.2) is 0 Å². The quantitative estimate of drug-likeness (QED) is 0.842. The van der Waals surface area contributed by atoms with Crippen LogP contribution in [0.25, 0.3) is 0 Å². The number of fused-ring (bicyclic) bond motifs is 1. The van der Waals surface area contributed by atoms with E-state index in [0.29, 0.717) is 18.0 Å². The molecule has 4 unspecified atom stereocenters. The summed E-state index contributed by atoms with van der Waals surface area (Å²) in [4.78, 5) is 2.71. The zero-order chi connectivity index (χ0) is 14.1. The maximum Gasteiger partial charge on any atom is 0.0456 e. The minimum atomic E-state index is 0.183. The predicted molar refractivity (Wildman–Crippen MR) is 84.8 cm³/mol. The fourth-order valence-corrected chi connectivity index (χ4v) is 4.24. The molecule has 1 aromatic rings. The molecule has 2 heteroatoms. The van der Waals surface area contributed by atoms with Crippen LogP contribution in [0.15, 0.2) is 24.3 Å². The van der Waals surface area contributed by atoms with Gasteiger partial charge in [0.15, 0.2) is 0 Å². The van der Waals surface area contributed by atoms with E-state index in [1.807, 2.05) is 0 Å². The van der Waals surface area contributed by atoms with Gasteiger partial charge in [-0.05, 0) is 49.8 Å². The zero-order valence-corrected chi connectivity index (χ0v) is 12.9. The molecule has 0 radical (unpaired) electrons. The first-order chi connectivity index (χ1) is 9.68. The number of rotatable bonds is 1. The van der Waals surface area contributed by atoms with E-state index >= 15 is 0 Å². The minimum absolute atomic E-state index is 0.183. The Hall–Kier alpha value is -0.860. The van der Waals surface area contributed by atoms with Crippen molar-refractivity contribution in [3.63, 3.8) is 0 Å². The second kappa shape index (κ2) is 5.87. The van der Waals surface area contributed by atoms with Gasteiger partial charge >= 0.3 is 0 Å². The molecule has 2 nitrogen and oxygen atoms in total. The van der Waals surface area contributed by atoms with Gasteiger partial charge in [0.1, 0.15) is 0 Å². The lowest BCUT2D eigenvalue weighted by molar-refractivity contribution is 0.108. The number of nitrogens with two attached hydrogens (primary N) is 1. The van der Waals surface area contributed by atoms with Crippen LogP contribution in [-0.4, -0.2) is 23.5 Å². The zero-order valence-electron chi connectivity index (χ0n) is 12.9. The Morgan fingerprint density at radius 2 is 1.80 bits per heavy atom. The summed E-state index contributed by atoms with van der Waals surface area (Å²) in [7, 11) is 0. The van der Waals surface area contributed by atoms with Crippen molar-refractivity contribution >= 4 is 0 Å². The van der Waals surface area contributed by atoms with Crippen LogP contribution < -0.4 is 5.73 Å². The average molecular weight is 272 g/mol. The molecule has 3 rings (SSSR count). The molecule has 0 amide bonds. The topological polar surface area (TPSA) is 29.3 Å². The minimum Gasteiger partial charge on any atom is -0.323 e. The van der Waals surface area contributed by atoms with Gasteiger partial charge in [-0.2, -0.15) is 0 Å². The Labute approximate surface area is 123 Å². The van der Waals surface area contributed by atoms with Crippen LogP contribution in [0.3, 0.4) is 0 Å². The second-order valence-corrected chi connectivity index (χ2v) is 6.79. The van der Waals surface area contributed by atoms with Crippen molar-refractivity contribution in [1.82, 2.24) is 4.90 Å². The van der Waals surface area contributed by atoms with E-state index in [-0.39, 0.29) is 6.04 Å². The van der Waals surface area contributed by atoms with Gasteiger partial charge in [0, 0.05) is 18.1 Å². The molecule has 0 spiro atoms. The van der Waals surface area contributed by atoms with E-state index in [9.17, 15) is 0 Å². The molecule has 0 aromatic heterocycles. The van der Waals surface area contributed by atoms with Gasteiger partial charge in [-0.15, -0.1) is 0 Å². The summed E-state index contributed by atoms with van der Waals surface area (Å²) in [5.74, 6) is 0.631. The monoisotopic (exact) mass is 272 g/mol. The van der Waals surface area contributed by atoms with Gasteiger partial charge in [-0.1, -0.05) is 44.0 Å². The first-order valence-electron chi connectivity index (χ1n) is 8.28. The molecule has 1 aliphatic carbocycles. The first kappa shape index (κ1) is 14.1. The number of hydrogen-bond acceptors (Lipinski definition) is 2. The number of hydrogen-bond donors (Lipinski definition) is 1. The van der Waals surface area contributed by atoms with Gasteiger partial charge in [0.05, 0.1) is 0 Å². The Kier molecular flexibility index (Phi) is 4.13. The summed E-state index contributed by atoms with van der Waals surface area (Å²) < 4.78 is 0. The van der Waals surface area contributed by atoms with Crippen LogP contribution in [0.2, 0.25) is 0 Å². The summed E-state index contributed by atoms with van der Waals surface area (Å²) in [6, 6.07) is 10.2. The first-order valence-corrected chi connectivity index (χ1v) is 8.28. The molecule has 4 atom stereocenters. The van der Waals surface area contributed by atoms with Crippen molar-refractivity contribution in [1.29, 1.82) is 0 Å². The largest absolute Gasteiger partial charge is 0.323 e. The van der Waals surface area contributed by atoms with E-state index < -0.39 is 0 Å². The standard InChI is InChI=1S/C18H28N2/c1-13-12-17(20-11-7-3-4-8-14(20)2)18(19)16-10-6-5-9-15(13)16/h5-6,9-10,13-14,17-18H,3-4,7-8,11-12,19H2,1-2H3. The fraction of sp³-hybridized carbons (Fsp3) is 0.667. The Morgan fingerprint density at radius 3 is 2.60 bits per heavy atom. The normalized spacial score (nSPS) is 35.4. The van der Waals surface area contributed by atoms with Gasteiger partial charge < -0.3 is 5.73 Å². The molecule has 1 aliphatic heterocycles. The maximum atomic E-state index is 6.66. The second-order valence-electron chi connectivity index (χ2n) is 6.79.